The van der Waals surface area contributed by atoms with Crippen LogP contribution in [0.5, 0.6) is 0 Å². The van der Waals surface area contributed by atoms with Crippen molar-refractivity contribution >= 4 is 0 Å². The molecule has 0 aliphatic rings. The second kappa shape index (κ2) is 3.35. The number of aliphatic hydroxyl groups excluding tert-OH is 1. The maximum atomic E-state index is 9.83. The number of aliphatic hydroxyl groups is 2. The lowest BCUT2D eigenvalue weighted by atomic mass is 9.70. The fourth-order valence-electron chi connectivity index (χ4n) is 1.20. The van der Waals surface area contributed by atoms with E-state index in [-0.39, 0.29) is 5.92 Å². The Bertz CT molecular complexity index is 142. The van der Waals surface area contributed by atoms with Crippen LogP contribution in [0.15, 0.2) is 0 Å². The van der Waals surface area contributed by atoms with Gasteiger partial charge in [0, 0.05) is 5.41 Å². The lowest BCUT2D eigenvalue weighted by Crippen LogP contribution is -2.49. The highest BCUT2D eigenvalue weighted by atomic mass is 16.3. The van der Waals surface area contributed by atoms with Gasteiger partial charge in [0.2, 0.25) is 0 Å². The van der Waals surface area contributed by atoms with Crippen molar-refractivity contribution in [3.8, 4) is 0 Å². The zero-order valence-corrected chi connectivity index (χ0v) is 9.05. The molecule has 0 aromatic carbocycles. The molecular formula is C10H22O2. The molecule has 12 heavy (non-hydrogen) atoms. The molecule has 2 heteroatoms. The summed E-state index contributed by atoms with van der Waals surface area (Å²) in [6.45, 7) is 11.2. The maximum Gasteiger partial charge on any atom is 0.0667 e. The quantitative estimate of drug-likeness (QED) is 0.685. The van der Waals surface area contributed by atoms with Crippen molar-refractivity contribution in [1.29, 1.82) is 0 Å². The minimum absolute atomic E-state index is 0.173. The molecular weight excluding hydrogens is 152 g/mol. The van der Waals surface area contributed by atoms with E-state index in [1.807, 2.05) is 27.7 Å². The van der Waals surface area contributed by atoms with Crippen LogP contribution in [0.4, 0.5) is 0 Å². The van der Waals surface area contributed by atoms with Crippen LogP contribution in [0.2, 0.25) is 0 Å². The van der Waals surface area contributed by atoms with E-state index in [0.717, 1.165) is 0 Å². The summed E-state index contributed by atoms with van der Waals surface area (Å²) in [6, 6.07) is 0. The Labute approximate surface area is 75.6 Å². The summed E-state index contributed by atoms with van der Waals surface area (Å²) < 4.78 is 0. The summed E-state index contributed by atoms with van der Waals surface area (Å²) in [5.74, 6) is 0.173. The molecule has 1 atom stereocenters. The van der Waals surface area contributed by atoms with Crippen molar-refractivity contribution in [2.75, 3.05) is 0 Å². The highest BCUT2D eigenvalue weighted by molar-refractivity contribution is 4.92. The van der Waals surface area contributed by atoms with Crippen LogP contribution < -0.4 is 0 Å². The first-order valence-electron chi connectivity index (χ1n) is 4.51. The van der Waals surface area contributed by atoms with Crippen molar-refractivity contribution in [3.63, 3.8) is 0 Å². The van der Waals surface area contributed by atoms with Crippen LogP contribution in [0.25, 0.3) is 0 Å². The Morgan fingerprint density at radius 3 is 1.42 bits per heavy atom. The maximum absolute atomic E-state index is 9.83. The molecule has 0 aliphatic heterocycles. The summed E-state index contributed by atoms with van der Waals surface area (Å²) >= 11 is 0. The second-order valence-corrected chi connectivity index (χ2v) is 4.97. The average Bonchev–Trinajstić information content (AvgIpc) is 1.83. The first-order valence-corrected chi connectivity index (χ1v) is 4.51. The largest absolute Gasteiger partial charge is 0.392 e. The van der Waals surface area contributed by atoms with Gasteiger partial charge in [-0.2, -0.15) is 0 Å². The van der Waals surface area contributed by atoms with E-state index < -0.39 is 17.1 Å². The predicted octanol–water partition coefficient (Wildman–Crippen LogP) is 1.80. The molecule has 0 saturated carbocycles. The van der Waals surface area contributed by atoms with Gasteiger partial charge in [-0.15, -0.1) is 0 Å². The van der Waals surface area contributed by atoms with E-state index in [0.29, 0.717) is 0 Å². The van der Waals surface area contributed by atoms with E-state index in [1.165, 1.54) is 0 Å². The minimum Gasteiger partial charge on any atom is -0.392 e. The minimum atomic E-state index is -0.851. The van der Waals surface area contributed by atoms with Crippen LogP contribution in [0, 0.1) is 11.3 Å². The van der Waals surface area contributed by atoms with E-state index in [2.05, 4.69) is 0 Å². The first-order chi connectivity index (χ1) is 5.10. The normalized spacial score (nSPS) is 16.8. The van der Waals surface area contributed by atoms with Gasteiger partial charge < -0.3 is 10.2 Å². The third-order valence-electron chi connectivity index (χ3n) is 2.95. The zero-order chi connectivity index (χ0) is 10.2. The van der Waals surface area contributed by atoms with Crippen molar-refractivity contribution in [1.82, 2.24) is 0 Å². The molecule has 0 spiro atoms. The highest BCUT2D eigenvalue weighted by Crippen LogP contribution is 2.36. The lowest BCUT2D eigenvalue weighted by Gasteiger charge is -2.42. The van der Waals surface area contributed by atoms with E-state index in [1.54, 1.807) is 13.8 Å². The van der Waals surface area contributed by atoms with Gasteiger partial charge in [-0.1, -0.05) is 27.7 Å². The molecule has 0 saturated heterocycles. The highest BCUT2D eigenvalue weighted by Gasteiger charge is 2.42. The van der Waals surface area contributed by atoms with Crippen LogP contribution in [0.1, 0.15) is 41.5 Å². The van der Waals surface area contributed by atoms with E-state index in [4.69, 9.17) is 0 Å². The number of rotatable bonds is 3. The van der Waals surface area contributed by atoms with Gasteiger partial charge in [0.15, 0.2) is 0 Å². The standard InChI is InChI=1S/C10H22O2/c1-7(2)8(11)9(3,4)10(5,6)12/h7-8,11-12H,1-6H3. The SMILES string of the molecule is CC(C)C(O)C(C)(C)C(C)(C)O. The van der Waals surface area contributed by atoms with Crippen LogP contribution in [-0.4, -0.2) is 21.9 Å². The summed E-state index contributed by atoms with van der Waals surface area (Å²) in [6.07, 6.45) is -0.475. The monoisotopic (exact) mass is 174 g/mol. The van der Waals surface area contributed by atoms with Gasteiger partial charge in [-0.3, -0.25) is 0 Å². The Morgan fingerprint density at radius 1 is 1.00 bits per heavy atom. The summed E-state index contributed by atoms with van der Waals surface area (Å²) in [7, 11) is 0. The molecule has 0 aromatic heterocycles. The molecule has 0 radical (unpaired) electrons. The zero-order valence-electron chi connectivity index (χ0n) is 9.05. The Kier molecular flexibility index (Phi) is 3.32. The molecule has 0 rings (SSSR count). The molecule has 0 aromatic rings. The predicted molar refractivity (Wildman–Crippen MR) is 50.9 cm³/mol. The smallest absolute Gasteiger partial charge is 0.0667 e. The fourth-order valence-corrected chi connectivity index (χ4v) is 1.20. The van der Waals surface area contributed by atoms with Crippen molar-refractivity contribution < 1.29 is 10.2 Å². The first kappa shape index (κ1) is 11.9. The lowest BCUT2D eigenvalue weighted by molar-refractivity contribution is -0.117. The van der Waals surface area contributed by atoms with E-state index in [9.17, 15) is 10.2 Å². The molecule has 0 heterocycles. The van der Waals surface area contributed by atoms with Gasteiger partial charge in [-0.25, -0.2) is 0 Å². The van der Waals surface area contributed by atoms with Gasteiger partial charge in [0.25, 0.3) is 0 Å². The summed E-state index contributed by atoms with van der Waals surface area (Å²) in [5.41, 5.74) is -1.32. The van der Waals surface area contributed by atoms with Crippen molar-refractivity contribution in [2.45, 2.75) is 53.2 Å². The Morgan fingerprint density at radius 2 is 1.33 bits per heavy atom. The molecule has 0 fully saturated rings. The Balaban J connectivity index is 4.61. The molecule has 2 nitrogen and oxygen atoms in total. The number of hydrogen-bond acceptors (Lipinski definition) is 2. The van der Waals surface area contributed by atoms with Crippen LogP contribution >= 0.6 is 0 Å². The van der Waals surface area contributed by atoms with Gasteiger partial charge >= 0.3 is 0 Å². The van der Waals surface area contributed by atoms with E-state index >= 15 is 0 Å². The second-order valence-electron chi connectivity index (χ2n) is 4.97. The fraction of sp³-hybridized carbons (Fsp3) is 1.00. The van der Waals surface area contributed by atoms with Crippen molar-refractivity contribution in [3.05, 3.63) is 0 Å². The van der Waals surface area contributed by atoms with Gasteiger partial charge in [-0.05, 0) is 19.8 Å². The van der Waals surface area contributed by atoms with Crippen LogP contribution in [0.3, 0.4) is 0 Å². The topological polar surface area (TPSA) is 40.5 Å². The van der Waals surface area contributed by atoms with Gasteiger partial charge in [0.05, 0.1) is 11.7 Å². The third-order valence-corrected chi connectivity index (χ3v) is 2.95. The molecule has 0 aliphatic carbocycles. The summed E-state index contributed by atoms with van der Waals surface area (Å²) in [4.78, 5) is 0. The molecule has 74 valence electrons. The van der Waals surface area contributed by atoms with Gasteiger partial charge in [0.1, 0.15) is 0 Å². The number of hydrogen-bond donors (Lipinski definition) is 2. The van der Waals surface area contributed by atoms with Crippen LogP contribution in [-0.2, 0) is 0 Å². The third kappa shape index (κ3) is 2.20. The Hall–Kier alpha value is -0.0800. The van der Waals surface area contributed by atoms with Crippen molar-refractivity contribution in [2.24, 2.45) is 11.3 Å². The summed E-state index contributed by atoms with van der Waals surface area (Å²) in [5, 5.41) is 19.6. The molecule has 2 N–H and O–H groups in total. The molecule has 0 bridgehead atoms. The molecule has 1 unspecified atom stereocenters. The average molecular weight is 174 g/mol. The molecule has 0 amide bonds.